The van der Waals surface area contributed by atoms with Crippen LogP contribution in [-0.4, -0.2) is 30.5 Å². The fourth-order valence-corrected chi connectivity index (χ4v) is 2.90. The van der Waals surface area contributed by atoms with E-state index in [1.165, 1.54) is 5.56 Å². The Morgan fingerprint density at radius 2 is 2.00 bits per heavy atom. The van der Waals surface area contributed by atoms with E-state index in [1.807, 2.05) is 18.2 Å². The van der Waals surface area contributed by atoms with Crippen LogP contribution in [0.5, 0.6) is 5.75 Å². The first-order chi connectivity index (χ1) is 8.83. The molecule has 0 aliphatic carbocycles. The van der Waals surface area contributed by atoms with Crippen LogP contribution in [0.2, 0.25) is 0 Å². The van der Waals surface area contributed by atoms with Gasteiger partial charge < -0.3 is 14.6 Å². The Morgan fingerprint density at radius 3 is 2.78 bits per heavy atom. The molecular weight excluding hydrogens is 228 g/mol. The molecule has 2 heterocycles. The van der Waals surface area contributed by atoms with Crippen molar-refractivity contribution < 1.29 is 14.6 Å². The minimum Gasteiger partial charge on any atom is -0.487 e. The monoisotopic (exact) mass is 248 g/mol. The molecule has 1 saturated heterocycles. The van der Waals surface area contributed by atoms with E-state index in [-0.39, 0.29) is 12.2 Å². The highest BCUT2D eigenvalue weighted by Gasteiger charge is 2.30. The number of rotatable bonds is 3. The summed E-state index contributed by atoms with van der Waals surface area (Å²) in [5.74, 6) is 1.52. The molecular formula is C15H20O3. The van der Waals surface area contributed by atoms with Gasteiger partial charge in [0.2, 0.25) is 0 Å². The van der Waals surface area contributed by atoms with Gasteiger partial charge in [-0.3, -0.25) is 0 Å². The number of hydrogen-bond acceptors (Lipinski definition) is 3. The fraction of sp³-hybridized carbons (Fsp3) is 0.600. The van der Waals surface area contributed by atoms with Gasteiger partial charge in [-0.2, -0.15) is 0 Å². The van der Waals surface area contributed by atoms with Gasteiger partial charge in [0.15, 0.2) is 0 Å². The first-order valence-electron chi connectivity index (χ1n) is 6.83. The van der Waals surface area contributed by atoms with E-state index in [0.29, 0.717) is 5.92 Å². The first kappa shape index (κ1) is 12.0. The maximum Gasteiger partial charge on any atom is 0.129 e. The topological polar surface area (TPSA) is 38.7 Å². The lowest BCUT2D eigenvalue weighted by molar-refractivity contribution is 0.00586. The van der Waals surface area contributed by atoms with E-state index < -0.39 is 0 Å². The molecule has 2 unspecified atom stereocenters. The molecule has 2 aliphatic rings. The summed E-state index contributed by atoms with van der Waals surface area (Å²) >= 11 is 0. The maximum atomic E-state index is 10.3. The lowest BCUT2D eigenvalue weighted by atomic mass is 9.91. The number of para-hydroxylation sites is 1. The molecule has 0 aromatic heterocycles. The van der Waals surface area contributed by atoms with E-state index in [1.54, 1.807) is 0 Å². The second-order valence-electron chi connectivity index (χ2n) is 5.33. The largest absolute Gasteiger partial charge is 0.487 e. The Kier molecular flexibility index (Phi) is 3.52. The summed E-state index contributed by atoms with van der Waals surface area (Å²) < 4.78 is 11.2. The molecule has 2 aliphatic heterocycles. The Bertz CT molecular complexity index is 373. The minimum atomic E-state index is -0.361. The number of aliphatic hydroxyl groups is 1. The zero-order chi connectivity index (χ0) is 12.4. The molecule has 0 bridgehead atoms. The summed E-state index contributed by atoms with van der Waals surface area (Å²) in [5, 5.41) is 10.3. The van der Waals surface area contributed by atoms with Crippen LogP contribution < -0.4 is 4.74 Å². The van der Waals surface area contributed by atoms with Crippen LogP contribution in [0.4, 0.5) is 0 Å². The van der Waals surface area contributed by atoms with Gasteiger partial charge in [0.05, 0.1) is 6.10 Å². The highest BCUT2D eigenvalue weighted by atomic mass is 16.5. The zero-order valence-electron chi connectivity index (χ0n) is 10.5. The summed E-state index contributed by atoms with van der Waals surface area (Å²) in [6, 6.07) is 8.06. The Balaban J connectivity index is 1.56. The van der Waals surface area contributed by atoms with Crippen LogP contribution >= 0.6 is 0 Å². The smallest absolute Gasteiger partial charge is 0.129 e. The van der Waals surface area contributed by atoms with Gasteiger partial charge in [-0.1, -0.05) is 18.2 Å². The van der Waals surface area contributed by atoms with Crippen molar-refractivity contribution in [1.29, 1.82) is 0 Å². The highest BCUT2D eigenvalue weighted by molar-refractivity contribution is 5.37. The SMILES string of the molecule is OC(CC1CCOCC1)C1Cc2ccccc2O1. The molecule has 1 aromatic rings. The molecule has 1 fully saturated rings. The predicted molar refractivity (Wildman–Crippen MR) is 68.7 cm³/mol. The van der Waals surface area contributed by atoms with E-state index in [4.69, 9.17) is 9.47 Å². The van der Waals surface area contributed by atoms with Gasteiger partial charge in [0, 0.05) is 19.6 Å². The molecule has 2 atom stereocenters. The van der Waals surface area contributed by atoms with Crippen LogP contribution in [0.1, 0.15) is 24.8 Å². The van der Waals surface area contributed by atoms with Gasteiger partial charge in [0.1, 0.15) is 11.9 Å². The van der Waals surface area contributed by atoms with Gasteiger partial charge in [-0.05, 0) is 36.8 Å². The molecule has 0 spiro atoms. The van der Waals surface area contributed by atoms with Crippen molar-refractivity contribution in [2.45, 2.75) is 37.9 Å². The molecule has 1 N–H and O–H groups in total. The summed E-state index contributed by atoms with van der Waals surface area (Å²) in [6.07, 6.45) is 3.38. The maximum absolute atomic E-state index is 10.3. The van der Waals surface area contributed by atoms with E-state index in [2.05, 4.69) is 6.07 Å². The predicted octanol–water partition coefficient (Wildman–Crippen LogP) is 2.17. The number of aliphatic hydroxyl groups excluding tert-OH is 1. The fourth-order valence-electron chi connectivity index (χ4n) is 2.90. The van der Waals surface area contributed by atoms with Gasteiger partial charge >= 0.3 is 0 Å². The highest BCUT2D eigenvalue weighted by Crippen LogP contribution is 2.32. The van der Waals surface area contributed by atoms with Gasteiger partial charge in [-0.25, -0.2) is 0 Å². The molecule has 0 saturated carbocycles. The van der Waals surface area contributed by atoms with Crippen molar-refractivity contribution in [1.82, 2.24) is 0 Å². The van der Waals surface area contributed by atoms with Crippen molar-refractivity contribution in [3.8, 4) is 5.75 Å². The van der Waals surface area contributed by atoms with Crippen LogP contribution in [0.3, 0.4) is 0 Å². The third-order valence-corrected chi connectivity index (χ3v) is 4.02. The summed E-state index contributed by atoms with van der Waals surface area (Å²) in [5.41, 5.74) is 1.22. The van der Waals surface area contributed by atoms with Crippen molar-refractivity contribution in [2.24, 2.45) is 5.92 Å². The van der Waals surface area contributed by atoms with E-state index in [9.17, 15) is 5.11 Å². The summed E-state index contributed by atoms with van der Waals surface area (Å²) in [6.45, 7) is 1.67. The van der Waals surface area contributed by atoms with Crippen LogP contribution in [0.25, 0.3) is 0 Å². The van der Waals surface area contributed by atoms with Crippen molar-refractivity contribution in [3.63, 3.8) is 0 Å². The average molecular weight is 248 g/mol. The Hall–Kier alpha value is -1.06. The van der Waals surface area contributed by atoms with E-state index in [0.717, 1.165) is 44.6 Å². The van der Waals surface area contributed by atoms with Crippen LogP contribution in [0, 0.1) is 5.92 Å². The number of hydrogen-bond donors (Lipinski definition) is 1. The Labute approximate surface area is 108 Å². The zero-order valence-corrected chi connectivity index (χ0v) is 10.5. The van der Waals surface area contributed by atoms with Crippen LogP contribution in [-0.2, 0) is 11.2 Å². The Morgan fingerprint density at radius 1 is 1.22 bits per heavy atom. The molecule has 98 valence electrons. The number of ether oxygens (including phenoxy) is 2. The number of benzene rings is 1. The minimum absolute atomic E-state index is 0.0646. The van der Waals surface area contributed by atoms with Gasteiger partial charge in [0.25, 0.3) is 0 Å². The molecule has 3 rings (SSSR count). The second kappa shape index (κ2) is 5.29. The normalized spacial score (nSPS) is 25.5. The van der Waals surface area contributed by atoms with Crippen LogP contribution in [0.15, 0.2) is 24.3 Å². The molecule has 0 amide bonds. The lowest BCUT2D eigenvalue weighted by Gasteiger charge is -2.26. The first-order valence-corrected chi connectivity index (χ1v) is 6.83. The van der Waals surface area contributed by atoms with Crippen molar-refractivity contribution in [2.75, 3.05) is 13.2 Å². The summed E-state index contributed by atoms with van der Waals surface area (Å²) in [4.78, 5) is 0. The standard InChI is InChI=1S/C15H20O3/c16-13(9-11-5-7-17-8-6-11)15-10-12-3-1-2-4-14(12)18-15/h1-4,11,13,15-16H,5-10H2. The lowest BCUT2D eigenvalue weighted by Crippen LogP contribution is -2.33. The quantitative estimate of drug-likeness (QED) is 0.891. The van der Waals surface area contributed by atoms with Crippen molar-refractivity contribution in [3.05, 3.63) is 29.8 Å². The average Bonchev–Trinajstić information content (AvgIpc) is 2.84. The second-order valence-corrected chi connectivity index (χ2v) is 5.33. The molecule has 1 aromatic carbocycles. The third kappa shape index (κ3) is 2.52. The number of fused-ring (bicyclic) bond motifs is 1. The third-order valence-electron chi connectivity index (χ3n) is 4.02. The van der Waals surface area contributed by atoms with Gasteiger partial charge in [-0.15, -0.1) is 0 Å². The van der Waals surface area contributed by atoms with E-state index >= 15 is 0 Å². The van der Waals surface area contributed by atoms with Crippen molar-refractivity contribution >= 4 is 0 Å². The summed E-state index contributed by atoms with van der Waals surface area (Å²) in [7, 11) is 0. The molecule has 18 heavy (non-hydrogen) atoms. The molecule has 0 radical (unpaired) electrons. The molecule has 3 heteroatoms. The molecule has 3 nitrogen and oxygen atoms in total.